The number of hydrogen-bond acceptors (Lipinski definition) is 5. The van der Waals surface area contributed by atoms with Crippen LogP contribution in [0.3, 0.4) is 0 Å². The van der Waals surface area contributed by atoms with Crippen LogP contribution < -0.4 is 10.1 Å². The second kappa shape index (κ2) is 9.14. The van der Waals surface area contributed by atoms with Crippen LogP contribution in [0.15, 0.2) is 30.5 Å². The summed E-state index contributed by atoms with van der Waals surface area (Å²) in [6.45, 7) is 3.04. The predicted octanol–water partition coefficient (Wildman–Crippen LogP) is 3.78. The first kappa shape index (κ1) is 22.7. The maximum atomic E-state index is 14.5. The fourth-order valence-electron chi connectivity index (χ4n) is 3.36. The van der Waals surface area contributed by atoms with E-state index < -0.39 is 29.9 Å². The number of nitrogens with zero attached hydrogens (tertiary/aromatic N) is 4. The van der Waals surface area contributed by atoms with Crippen molar-refractivity contribution in [2.45, 2.75) is 26.3 Å². The molecule has 0 saturated carbocycles. The second-order valence-electron chi connectivity index (χ2n) is 7.80. The van der Waals surface area contributed by atoms with Gasteiger partial charge in [0.25, 0.3) is 5.91 Å². The van der Waals surface area contributed by atoms with E-state index in [9.17, 15) is 13.6 Å². The summed E-state index contributed by atoms with van der Waals surface area (Å²) < 4.78 is 35.7. The zero-order valence-corrected chi connectivity index (χ0v) is 18.9. The van der Waals surface area contributed by atoms with Crippen LogP contribution in [0.5, 0.6) is 5.75 Å². The summed E-state index contributed by atoms with van der Waals surface area (Å²) in [7, 11) is 1.69. The van der Waals surface area contributed by atoms with Crippen molar-refractivity contribution < 1.29 is 18.3 Å². The lowest BCUT2D eigenvalue weighted by molar-refractivity contribution is -0.123. The van der Waals surface area contributed by atoms with E-state index in [1.54, 1.807) is 27.1 Å². The van der Waals surface area contributed by atoms with Gasteiger partial charge in [0.15, 0.2) is 29.8 Å². The van der Waals surface area contributed by atoms with Gasteiger partial charge in [-0.3, -0.25) is 14.6 Å². The summed E-state index contributed by atoms with van der Waals surface area (Å²) in [6, 6.07) is 5.76. The van der Waals surface area contributed by atoms with Gasteiger partial charge in [0.2, 0.25) is 0 Å². The molecular weight excluding hydrogens is 454 g/mol. The molecule has 0 radical (unpaired) electrons. The summed E-state index contributed by atoms with van der Waals surface area (Å²) in [4.78, 5) is 16.1. The first-order valence-corrected chi connectivity index (χ1v) is 10.5. The lowest BCUT2D eigenvalue weighted by Crippen LogP contribution is -2.34. The summed E-state index contributed by atoms with van der Waals surface area (Å²) >= 11 is 6.49. The number of aromatic nitrogens is 5. The van der Waals surface area contributed by atoms with E-state index in [-0.39, 0.29) is 17.4 Å². The molecule has 4 aromatic rings. The van der Waals surface area contributed by atoms with Gasteiger partial charge in [-0.25, -0.2) is 13.8 Å². The maximum absolute atomic E-state index is 14.5. The van der Waals surface area contributed by atoms with E-state index in [0.29, 0.717) is 17.3 Å². The molecule has 0 atom stereocenters. The van der Waals surface area contributed by atoms with E-state index in [2.05, 4.69) is 25.6 Å². The third-order valence-electron chi connectivity index (χ3n) is 4.89. The molecule has 2 aromatic carbocycles. The standard InChI is InChI=1S/C22H21ClF2N6O2/c1-11(2)27-19(32)10-33-21-15(24)6-13(7-16(21)25)22-28-18(31(3)30-22)8-12-4-5-17-14(20(12)23)9-26-29-17/h4-7,9,11H,8,10H2,1-3H3,(H,26,29)(H,27,32). The minimum absolute atomic E-state index is 0.112. The Hall–Kier alpha value is -3.53. The molecule has 172 valence electrons. The van der Waals surface area contributed by atoms with Gasteiger partial charge in [0, 0.05) is 30.5 Å². The Morgan fingerprint density at radius 3 is 2.70 bits per heavy atom. The van der Waals surface area contributed by atoms with Gasteiger partial charge in [-0.05, 0) is 37.6 Å². The van der Waals surface area contributed by atoms with Crippen molar-refractivity contribution >= 4 is 28.4 Å². The third kappa shape index (κ3) is 4.80. The normalized spacial score (nSPS) is 11.4. The molecule has 0 bridgehead atoms. The number of aromatic amines is 1. The number of halogens is 3. The number of nitrogens with one attached hydrogen (secondary N) is 2. The van der Waals surface area contributed by atoms with Crippen LogP contribution in [0.1, 0.15) is 25.2 Å². The maximum Gasteiger partial charge on any atom is 0.258 e. The van der Waals surface area contributed by atoms with Gasteiger partial charge in [-0.1, -0.05) is 17.7 Å². The van der Waals surface area contributed by atoms with Gasteiger partial charge in [-0.2, -0.15) is 10.2 Å². The van der Waals surface area contributed by atoms with Gasteiger partial charge in [0.1, 0.15) is 5.82 Å². The van der Waals surface area contributed by atoms with Crippen LogP contribution in [0, 0.1) is 11.6 Å². The first-order chi connectivity index (χ1) is 15.7. The second-order valence-corrected chi connectivity index (χ2v) is 8.18. The number of aryl methyl sites for hydroxylation is 1. The van der Waals surface area contributed by atoms with Gasteiger partial charge in [0.05, 0.1) is 16.7 Å². The first-order valence-electron chi connectivity index (χ1n) is 10.1. The van der Waals surface area contributed by atoms with Crippen molar-refractivity contribution in [3.8, 4) is 17.1 Å². The molecule has 2 aromatic heterocycles. The Kier molecular flexibility index (Phi) is 6.28. The number of amides is 1. The summed E-state index contributed by atoms with van der Waals surface area (Å²) in [6.07, 6.45) is 2.01. The highest BCUT2D eigenvalue weighted by Crippen LogP contribution is 2.30. The van der Waals surface area contributed by atoms with E-state index in [1.807, 2.05) is 12.1 Å². The SMILES string of the molecule is CC(C)NC(=O)COc1c(F)cc(-c2nc(Cc3ccc4[nH]ncc4c3Cl)n(C)n2)cc1F. The largest absolute Gasteiger partial charge is 0.478 e. The lowest BCUT2D eigenvalue weighted by Gasteiger charge is -2.11. The summed E-state index contributed by atoms with van der Waals surface area (Å²) in [5, 5.41) is 15.0. The van der Waals surface area contributed by atoms with Crippen LogP contribution in [0.25, 0.3) is 22.3 Å². The molecule has 33 heavy (non-hydrogen) atoms. The minimum atomic E-state index is -0.954. The topological polar surface area (TPSA) is 97.7 Å². The quantitative estimate of drug-likeness (QED) is 0.425. The zero-order chi connectivity index (χ0) is 23.7. The molecule has 2 heterocycles. The Morgan fingerprint density at radius 2 is 2.00 bits per heavy atom. The molecule has 0 aliphatic rings. The molecular formula is C22H21ClF2N6O2. The van der Waals surface area contributed by atoms with E-state index >= 15 is 0 Å². The monoisotopic (exact) mass is 474 g/mol. The smallest absolute Gasteiger partial charge is 0.258 e. The summed E-state index contributed by atoms with van der Waals surface area (Å²) in [5.74, 6) is -2.31. The number of H-pyrrole nitrogens is 1. The summed E-state index contributed by atoms with van der Waals surface area (Å²) in [5.41, 5.74) is 1.77. The van der Waals surface area contributed by atoms with Crippen LogP contribution in [0.2, 0.25) is 5.02 Å². The van der Waals surface area contributed by atoms with Crippen molar-refractivity contribution in [2.75, 3.05) is 6.61 Å². The van der Waals surface area contributed by atoms with Crippen LogP contribution in [0.4, 0.5) is 8.78 Å². The number of rotatable bonds is 7. The van der Waals surface area contributed by atoms with Crippen molar-refractivity contribution in [1.82, 2.24) is 30.3 Å². The molecule has 0 aliphatic carbocycles. The van der Waals surface area contributed by atoms with Crippen LogP contribution >= 0.6 is 11.6 Å². The fraction of sp³-hybridized carbons (Fsp3) is 0.273. The molecule has 8 nitrogen and oxygen atoms in total. The highest BCUT2D eigenvalue weighted by molar-refractivity contribution is 6.36. The molecule has 0 aliphatic heterocycles. The molecule has 11 heteroatoms. The van der Waals surface area contributed by atoms with Crippen molar-refractivity contribution in [3.63, 3.8) is 0 Å². The van der Waals surface area contributed by atoms with E-state index in [1.165, 1.54) is 4.68 Å². The Labute approximate surface area is 192 Å². The number of fused-ring (bicyclic) bond motifs is 1. The third-order valence-corrected chi connectivity index (χ3v) is 5.34. The predicted molar refractivity (Wildman–Crippen MR) is 119 cm³/mol. The van der Waals surface area contributed by atoms with Crippen molar-refractivity contribution in [1.29, 1.82) is 0 Å². The van der Waals surface area contributed by atoms with E-state index in [0.717, 1.165) is 28.6 Å². The van der Waals surface area contributed by atoms with Crippen molar-refractivity contribution in [3.05, 3.63) is 58.5 Å². The van der Waals surface area contributed by atoms with Gasteiger partial charge >= 0.3 is 0 Å². The Bertz CT molecular complexity index is 1310. The molecule has 0 spiro atoms. The van der Waals surface area contributed by atoms with E-state index in [4.69, 9.17) is 16.3 Å². The average Bonchev–Trinajstić information content (AvgIpc) is 3.36. The Balaban J connectivity index is 1.55. The van der Waals surface area contributed by atoms with Gasteiger partial charge in [-0.15, -0.1) is 0 Å². The fourth-order valence-corrected chi connectivity index (χ4v) is 3.64. The Morgan fingerprint density at radius 1 is 1.27 bits per heavy atom. The van der Waals surface area contributed by atoms with Crippen molar-refractivity contribution in [2.24, 2.45) is 7.05 Å². The molecule has 0 fully saturated rings. The molecule has 2 N–H and O–H groups in total. The number of benzene rings is 2. The molecule has 0 unspecified atom stereocenters. The van der Waals surface area contributed by atoms with Crippen LogP contribution in [-0.4, -0.2) is 43.5 Å². The zero-order valence-electron chi connectivity index (χ0n) is 18.1. The molecule has 1 amide bonds. The van der Waals surface area contributed by atoms with Gasteiger partial charge < -0.3 is 10.1 Å². The lowest BCUT2D eigenvalue weighted by atomic mass is 10.1. The van der Waals surface area contributed by atoms with Crippen LogP contribution in [-0.2, 0) is 18.3 Å². The number of carbonyl (C=O) groups excluding carboxylic acids is 1. The average molecular weight is 475 g/mol. The molecule has 4 rings (SSSR count). The number of hydrogen-bond donors (Lipinski definition) is 2. The minimum Gasteiger partial charge on any atom is -0.478 e. The highest BCUT2D eigenvalue weighted by atomic mass is 35.5. The highest BCUT2D eigenvalue weighted by Gasteiger charge is 2.19. The number of carbonyl (C=O) groups is 1. The number of ether oxygens (including phenoxy) is 1. The molecule has 0 saturated heterocycles.